The molecule has 0 aliphatic rings. The summed E-state index contributed by atoms with van der Waals surface area (Å²) in [4.78, 5) is 46.3. The van der Waals surface area contributed by atoms with Gasteiger partial charge in [-0.05, 0) is 32.1 Å². The first-order chi connectivity index (χ1) is 12.9. The lowest BCUT2D eigenvalue weighted by Gasteiger charge is -2.24. The van der Waals surface area contributed by atoms with Crippen LogP contribution >= 0.6 is 0 Å². The number of H-pyrrole nitrogens is 2. The van der Waals surface area contributed by atoms with Gasteiger partial charge in [-0.3, -0.25) is 19.6 Å². The zero-order chi connectivity index (χ0) is 19.4. The van der Waals surface area contributed by atoms with Gasteiger partial charge < -0.3 is 10.2 Å². The number of pyridine rings is 1. The van der Waals surface area contributed by atoms with Crippen molar-refractivity contribution in [2.24, 2.45) is 0 Å². The highest BCUT2D eigenvalue weighted by Crippen LogP contribution is 2.08. The molecule has 0 aliphatic carbocycles. The Hall–Kier alpha value is -3.26. The minimum Gasteiger partial charge on any atom is -0.350 e. The van der Waals surface area contributed by atoms with Crippen LogP contribution in [0.5, 0.6) is 0 Å². The van der Waals surface area contributed by atoms with Gasteiger partial charge in [0.2, 0.25) is 0 Å². The first-order valence-electron chi connectivity index (χ1n) is 8.55. The molecule has 0 saturated heterocycles. The van der Waals surface area contributed by atoms with Crippen LogP contribution in [-0.4, -0.2) is 52.4 Å². The largest absolute Gasteiger partial charge is 0.350 e. The van der Waals surface area contributed by atoms with Crippen molar-refractivity contribution in [1.29, 1.82) is 0 Å². The molecule has 2 aromatic heterocycles. The van der Waals surface area contributed by atoms with E-state index < -0.39 is 11.2 Å². The Morgan fingerprint density at radius 3 is 2.63 bits per heavy atom. The van der Waals surface area contributed by atoms with Gasteiger partial charge in [-0.2, -0.15) is 0 Å². The number of likely N-dealkylation sites (N-methyl/N-ethyl adjacent to an activating group) is 1. The van der Waals surface area contributed by atoms with Crippen LogP contribution in [0.4, 0.5) is 0 Å². The van der Waals surface area contributed by atoms with E-state index in [9.17, 15) is 14.4 Å². The van der Waals surface area contributed by atoms with Gasteiger partial charge in [-0.15, -0.1) is 0 Å². The number of carbonyl (C=O) groups is 1. The number of benzene rings is 1. The number of carbonyl (C=O) groups excluding carboxylic acids is 1. The summed E-state index contributed by atoms with van der Waals surface area (Å²) in [5.41, 5.74) is 0.388. The Balaban J connectivity index is 1.73. The Kier molecular flexibility index (Phi) is 5.46. The van der Waals surface area contributed by atoms with Gasteiger partial charge in [0, 0.05) is 18.8 Å². The number of hydrogen-bond donors (Lipinski definition) is 3. The van der Waals surface area contributed by atoms with Crippen LogP contribution < -0.4 is 16.6 Å². The second kappa shape index (κ2) is 7.96. The molecule has 2 heterocycles. The predicted molar refractivity (Wildman–Crippen MR) is 103 cm³/mol. The van der Waals surface area contributed by atoms with Gasteiger partial charge in [0.1, 0.15) is 5.65 Å². The zero-order valence-electron chi connectivity index (χ0n) is 15.2. The van der Waals surface area contributed by atoms with Gasteiger partial charge in [-0.1, -0.05) is 30.3 Å². The van der Waals surface area contributed by atoms with E-state index in [4.69, 9.17) is 0 Å². The van der Waals surface area contributed by atoms with Crippen LogP contribution in [-0.2, 0) is 6.42 Å². The molecule has 0 fully saturated rings. The fraction of sp³-hybridized carbons (Fsp3) is 0.263. The first kappa shape index (κ1) is 18.5. The highest BCUT2D eigenvalue weighted by molar-refractivity contribution is 5.96. The monoisotopic (exact) mass is 367 g/mol. The van der Waals surface area contributed by atoms with E-state index in [1.807, 2.05) is 32.3 Å². The van der Waals surface area contributed by atoms with Crippen LogP contribution in [0.25, 0.3) is 11.0 Å². The van der Waals surface area contributed by atoms with Crippen molar-refractivity contribution >= 4 is 16.9 Å². The molecule has 27 heavy (non-hydrogen) atoms. The number of aromatic amines is 2. The molecule has 8 heteroatoms. The van der Waals surface area contributed by atoms with E-state index in [0.717, 1.165) is 6.42 Å². The summed E-state index contributed by atoms with van der Waals surface area (Å²) in [6.45, 7) is 0.445. The summed E-state index contributed by atoms with van der Waals surface area (Å²) in [5.74, 6) is -0.324. The summed E-state index contributed by atoms with van der Waals surface area (Å²) in [5, 5.41) is 3.05. The maximum atomic E-state index is 12.5. The Labute approximate surface area is 155 Å². The fourth-order valence-electron chi connectivity index (χ4n) is 2.81. The molecule has 3 rings (SSSR count). The van der Waals surface area contributed by atoms with Crippen LogP contribution in [0.15, 0.2) is 52.2 Å². The normalized spacial score (nSPS) is 12.3. The van der Waals surface area contributed by atoms with Gasteiger partial charge in [0.15, 0.2) is 0 Å². The minimum atomic E-state index is -0.632. The molecule has 140 valence electrons. The number of aromatic nitrogens is 3. The van der Waals surface area contributed by atoms with Crippen molar-refractivity contribution in [1.82, 2.24) is 25.2 Å². The highest BCUT2D eigenvalue weighted by atomic mass is 16.2. The number of fused-ring (bicyclic) bond motifs is 1. The van der Waals surface area contributed by atoms with Crippen LogP contribution in [0.3, 0.4) is 0 Å². The average molecular weight is 367 g/mol. The standard InChI is InChI=1S/C19H21N5O3/c1-24(2)14(8-12-6-4-3-5-7-12)11-21-17(25)13-9-15-16(20-10-13)22-19(27)23-18(15)26/h3-7,9-10,14H,8,11H2,1-2H3,(H,21,25)(H2,20,22,23,26,27). The lowest BCUT2D eigenvalue weighted by atomic mass is 10.1. The second-order valence-corrected chi connectivity index (χ2v) is 6.55. The van der Waals surface area contributed by atoms with E-state index >= 15 is 0 Å². The molecule has 0 bridgehead atoms. The minimum absolute atomic E-state index is 0.115. The topological polar surface area (TPSA) is 111 Å². The third-order valence-electron chi connectivity index (χ3n) is 4.40. The van der Waals surface area contributed by atoms with E-state index in [2.05, 4.69) is 37.3 Å². The Bertz CT molecular complexity index is 1060. The fourth-order valence-corrected chi connectivity index (χ4v) is 2.81. The molecular formula is C19H21N5O3. The molecule has 1 atom stereocenters. The van der Waals surface area contributed by atoms with Gasteiger partial charge in [0.05, 0.1) is 10.9 Å². The molecule has 0 saturated carbocycles. The number of rotatable bonds is 6. The molecule has 3 aromatic rings. The maximum Gasteiger partial charge on any atom is 0.327 e. The number of nitrogens with zero attached hydrogens (tertiary/aromatic N) is 2. The summed E-state index contributed by atoms with van der Waals surface area (Å²) in [7, 11) is 3.93. The molecule has 0 aliphatic heterocycles. The SMILES string of the molecule is CN(C)C(CNC(=O)c1cnc2[nH]c(=O)[nH]c(=O)c2c1)Cc1ccccc1. The van der Waals surface area contributed by atoms with E-state index in [1.165, 1.54) is 17.8 Å². The van der Waals surface area contributed by atoms with Crippen LogP contribution in [0, 0.1) is 0 Å². The molecular weight excluding hydrogens is 346 g/mol. The van der Waals surface area contributed by atoms with Crippen molar-refractivity contribution in [2.75, 3.05) is 20.6 Å². The van der Waals surface area contributed by atoms with Crippen molar-refractivity contribution < 1.29 is 4.79 Å². The zero-order valence-corrected chi connectivity index (χ0v) is 15.2. The molecule has 0 spiro atoms. The smallest absolute Gasteiger partial charge is 0.327 e. The quantitative estimate of drug-likeness (QED) is 0.588. The molecule has 1 unspecified atom stereocenters. The maximum absolute atomic E-state index is 12.5. The molecule has 3 N–H and O–H groups in total. The van der Waals surface area contributed by atoms with E-state index in [-0.39, 0.29) is 28.5 Å². The lowest BCUT2D eigenvalue weighted by Crippen LogP contribution is -2.41. The van der Waals surface area contributed by atoms with E-state index in [0.29, 0.717) is 6.54 Å². The summed E-state index contributed by atoms with van der Waals surface area (Å²) in [6.07, 6.45) is 2.14. The Morgan fingerprint density at radius 2 is 1.93 bits per heavy atom. The second-order valence-electron chi connectivity index (χ2n) is 6.55. The van der Waals surface area contributed by atoms with Gasteiger partial charge in [-0.25, -0.2) is 9.78 Å². The number of hydrogen-bond acceptors (Lipinski definition) is 5. The van der Waals surface area contributed by atoms with Crippen LogP contribution in [0.1, 0.15) is 15.9 Å². The highest BCUT2D eigenvalue weighted by Gasteiger charge is 2.15. The third kappa shape index (κ3) is 4.48. The molecule has 1 aromatic carbocycles. The molecule has 0 radical (unpaired) electrons. The van der Waals surface area contributed by atoms with Gasteiger partial charge >= 0.3 is 5.69 Å². The van der Waals surface area contributed by atoms with E-state index in [1.54, 1.807) is 0 Å². The predicted octanol–water partition coefficient (Wildman–Crippen LogP) is 0.514. The molecule has 8 nitrogen and oxygen atoms in total. The summed E-state index contributed by atoms with van der Waals surface area (Å²) >= 11 is 0. The molecule has 1 amide bonds. The van der Waals surface area contributed by atoms with Gasteiger partial charge in [0.25, 0.3) is 11.5 Å². The van der Waals surface area contributed by atoms with Crippen molar-refractivity contribution in [3.63, 3.8) is 0 Å². The third-order valence-corrected chi connectivity index (χ3v) is 4.40. The summed E-state index contributed by atoms with van der Waals surface area (Å²) in [6, 6.07) is 11.6. The summed E-state index contributed by atoms with van der Waals surface area (Å²) < 4.78 is 0. The first-order valence-corrected chi connectivity index (χ1v) is 8.55. The lowest BCUT2D eigenvalue weighted by molar-refractivity contribution is 0.0941. The van der Waals surface area contributed by atoms with Crippen molar-refractivity contribution in [3.05, 3.63) is 74.6 Å². The number of nitrogens with one attached hydrogen (secondary N) is 3. The van der Waals surface area contributed by atoms with Crippen LogP contribution in [0.2, 0.25) is 0 Å². The average Bonchev–Trinajstić information content (AvgIpc) is 2.65. The Morgan fingerprint density at radius 1 is 1.19 bits per heavy atom. The van der Waals surface area contributed by atoms with Crippen molar-refractivity contribution in [2.45, 2.75) is 12.5 Å². The van der Waals surface area contributed by atoms with Crippen molar-refractivity contribution in [3.8, 4) is 0 Å². The number of amides is 1.